The lowest BCUT2D eigenvalue weighted by Crippen LogP contribution is -2.21. The number of aromatic nitrogens is 1. The Labute approximate surface area is 134 Å². The van der Waals surface area contributed by atoms with Crippen molar-refractivity contribution in [3.8, 4) is 5.75 Å². The number of nitrogens with zero attached hydrogens (tertiary/aromatic N) is 1. The Kier molecular flexibility index (Phi) is 5.51. The lowest BCUT2D eigenvalue weighted by molar-refractivity contribution is -0.118. The van der Waals surface area contributed by atoms with Crippen LogP contribution in [0.15, 0.2) is 23.6 Å². The van der Waals surface area contributed by atoms with E-state index < -0.39 is 0 Å². The standard InChI is InChI=1S/C16H21N3O2S/c1-10-5-4-6-11(2)15(10)21-8-14(20)19-16-18-13(9-22-16)7-12(3)17/h4-6,9,12H,7-8,17H2,1-3H3,(H,18,19,20). The quantitative estimate of drug-likeness (QED) is 0.858. The molecule has 1 aromatic heterocycles. The molecule has 0 spiro atoms. The zero-order chi connectivity index (χ0) is 16.1. The first-order valence-corrected chi connectivity index (χ1v) is 8.02. The van der Waals surface area contributed by atoms with Gasteiger partial charge in [-0.25, -0.2) is 4.98 Å². The van der Waals surface area contributed by atoms with E-state index in [1.54, 1.807) is 0 Å². The third-order valence-corrected chi connectivity index (χ3v) is 3.89. The predicted molar refractivity (Wildman–Crippen MR) is 89.5 cm³/mol. The summed E-state index contributed by atoms with van der Waals surface area (Å²) >= 11 is 1.39. The number of hydrogen-bond donors (Lipinski definition) is 2. The average Bonchev–Trinajstić information content (AvgIpc) is 2.84. The maximum absolute atomic E-state index is 11.9. The number of nitrogens with two attached hydrogens (primary N) is 1. The molecule has 1 atom stereocenters. The molecule has 0 radical (unpaired) electrons. The van der Waals surface area contributed by atoms with E-state index in [0.29, 0.717) is 11.6 Å². The van der Waals surface area contributed by atoms with E-state index in [1.165, 1.54) is 11.3 Å². The molecular formula is C16H21N3O2S. The molecule has 0 aliphatic carbocycles. The molecule has 1 heterocycles. The van der Waals surface area contributed by atoms with Crippen molar-refractivity contribution in [1.29, 1.82) is 0 Å². The van der Waals surface area contributed by atoms with Crippen molar-refractivity contribution in [2.75, 3.05) is 11.9 Å². The zero-order valence-electron chi connectivity index (χ0n) is 13.1. The van der Waals surface area contributed by atoms with Gasteiger partial charge in [-0.05, 0) is 31.9 Å². The number of hydrogen-bond acceptors (Lipinski definition) is 5. The molecule has 1 aromatic carbocycles. The maximum atomic E-state index is 11.9. The van der Waals surface area contributed by atoms with Gasteiger partial charge >= 0.3 is 0 Å². The maximum Gasteiger partial charge on any atom is 0.264 e. The molecule has 0 saturated carbocycles. The highest BCUT2D eigenvalue weighted by Crippen LogP contribution is 2.22. The van der Waals surface area contributed by atoms with Crippen LogP contribution >= 0.6 is 11.3 Å². The van der Waals surface area contributed by atoms with Crippen LogP contribution in [0, 0.1) is 13.8 Å². The van der Waals surface area contributed by atoms with Crippen LogP contribution in [0.4, 0.5) is 5.13 Å². The van der Waals surface area contributed by atoms with Crippen LogP contribution < -0.4 is 15.8 Å². The fourth-order valence-corrected chi connectivity index (χ4v) is 2.85. The van der Waals surface area contributed by atoms with Gasteiger partial charge in [-0.15, -0.1) is 11.3 Å². The Balaban J connectivity index is 1.89. The van der Waals surface area contributed by atoms with Gasteiger partial charge in [0.25, 0.3) is 5.91 Å². The summed E-state index contributed by atoms with van der Waals surface area (Å²) in [7, 11) is 0. The van der Waals surface area contributed by atoms with Crippen LogP contribution in [0.5, 0.6) is 5.75 Å². The number of benzene rings is 1. The van der Waals surface area contributed by atoms with Crippen LogP contribution in [0.3, 0.4) is 0 Å². The number of thiazole rings is 1. The third-order valence-electron chi connectivity index (χ3n) is 3.09. The molecule has 0 fully saturated rings. The molecule has 5 nitrogen and oxygen atoms in total. The first kappa shape index (κ1) is 16.5. The van der Waals surface area contributed by atoms with Crippen molar-refractivity contribution >= 4 is 22.4 Å². The van der Waals surface area contributed by atoms with Crippen molar-refractivity contribution in [3.63, 3.8) is 0 Å². The number of amides is 1. The normalized spacial score (nSPS) is 12.0. The molecule has 0 aliphatic rings. The molecule has 3 N–H and O–H groups in total. The first-order chi connectivity index (χ1) is 10.5. The van der Waals surface area contributed by atoms with E-state index in [4.69, 9.17) is 10.5 Å². The molecular weight excluding hydrogens is 298 g/mol. The summed E-state index contributed by atoms with van der Waals surface area (Å²) in [5.74, 6) is 0.541. The van der Waals surface area contributed by atoms with Gasteiger partial charge in [0, 0.05) is 17.8 Å². The third kappa shape index (κ3) is 4.54. The van der Waals surface area contributed by atoms with Crippen molar-refractivity contribution in [3.05, 3.63) is 40.4 Å². The molecule has 1 amide bonds. The zero-order valence-corrected chi connectivity index (χ0v) is 13.9. The molecule has 22 heavy (non-hydrogen) atoms. The smallest absolute Gasteiger partial charge is 0.264 e. The number of nitrogens with one attached hydrogen (secondary N) is 1. The van der Waals surface area contributed by atoms with Crippen LogP contribution in [-0.4, -0.2) is 23.5 Å². The number of para-hydroxylation sites is 1. The topological polar surface area (TPSA) is 77.2 Å². The summed E-state index contributed by atoms with van der Waals surface area (Å²) in [6.45, 7) is 5.81. The fraction of sp³-hybridized carbons (Fsp3) is 0.375. The number of carbonyl (C=O) groups excluding carboxylic acids is 1. The van der Waals surface area contributed by atoms with E-state index in [1.807, 2.05) is 44.4 Å². The average molecular weight is 319 g/mol. The van der Waals surface area contributed by atoms with Crippen LogP contribution in [-0.2, 0) is 11.2 Å². The van der Waals surface area contributed by atoms with E-state index >= 15 is 0 Å². The monoisotopic (exact) mass is 319 g/mol. The van der Waals surface area contributed by atoms with Crippen LogP contribution in [0.25, 0.3) is 0 Å². The number of carbonyl (C=O) groups is 1. The highest BCUT2D eigenvalue weighted by Gasteiger charge is 2.10. The highest BCUT2D eigenvalue weighted by molar-refractivity contribution is 7.13. The second kappa shape index (κ2) is 7.38. The Bertz CT molecular complexity index is 632. The van der Waals surface area contributed by atoms with Gasteiger partial charge in [-0.1, -0.05) is 18.2 Å². The molecule has 2 rings (SSSR count). The van der Waals surface area contributed by atoms with Crippen LogP contribution in [0.2, 0.25) is 0 Å². The second-order valence-electron chi connectivity index (χ2n) is 5.38. The van der Waals surface area contributed by atoms with E-state index in [0.717, 1.165) is 22.6 Å². The molecule has 0 aliphatic heterocycles. The second-order valence-corrected chi connectivity index (χ2v) is 6.24. The van der Waals surface area contributed by atoms with Crippen molar-refractivity contribution in [2.24, 2.45) is 5.73 Å². The minimum Gasteiger partial charge on any atom is -0.483 e. The molecule has 2 aromatic rings. The van der Waals surface area contributed by atoms with Gasteiger partial charge < -0.3 is 10.5 Å². The largest absolute Gasteiger partial charge is 0.483 e. The van der Waals surface area contributed by atoms with E-state index in [-0.39, 0.29) is 18.6 Å². The Morgan fingerprint density at radius 2 is 2.09 bits per heavy atom. The van der Waals surface area contributed by atoms with Crippen molar-refractivity contribution in [2.45, 2.75) is 33.2 Å². The van der Waals surface area contributed by atoms with E-state index in [9.17, 15) is 4.79 Å². The minimum atomic E-state index is -0.218. The van der Waals surface area contributed by atoms with Gasteiger partial charge in [-0.2, -0.15) is 0 Å². The number of ether oxygens (including phenoxy) is 1. The van der Waals surface area contributed by atoms with Crippen LogP contribution in [0.1, 0.15) is 23.7 Å². The number of rotatable bonds is 6. The van der Waals surface area contributed by atoms with E-state index in [2.05, 4.69) is 10.3 Å². The van der Waals surface area contributed by atoms with Gasteiger partial charge in [0.2, 0.25) is 0 Å². The SMILES string of the molecule is Cc1cccc(C)c1OCC(=O)Nc1nc(CC(C)N)cs1. The number of aryl methyl sites for hydroxylation is 2. The summed E-state index contributed by atoms with van der Waals surface area (Å²) in [4.78, 5) is 16.3. The Morgan fingerprint density at radius 1 is 1.41 bits per heavy atom. The van der Waals surface area contributed by atoms with Gasteiger partial charge in [0.15, 0.2) is 11.7 Å². The minimum absolute atomic E-state index is 0.0338. The summed E-state index contributed by atoms with van der Waals surface area (Å²) in [5, 5.41) is 5.23. The molecule has 118 valence electrons. The lowest BCUT2D eigenvalue weighted by Gasteiger charge is -2.11. The van der Waals surface area contributed by atoms with Gasteiger partial charge in [0.1, 0.15) is 5.75 Å². The lowest BCUT2D eigenvalue weighted by atomic mass is 10.1. The Hall–Kier alpha value is -1.92. The molecule has 0 saturated heterocycles. The summed E-state index contributed by atoms with van der Waals surface area (Å²) < 4.78 is 5.62. The molecule has 0 bridgehead atoms. The highest BCUT2D eigenvalue weighted by atomic mass is 32.1. The van der Waals surface area contributed by atoms with Crippen molar-refractivity contribution < 1.29 is 9.53 Å². The van der Waals surface area contributed by atoms with Gasteiger partial charge in [0.05, 0.1) is 5.69 Å². The summed E-state index contributed by atoms with van der Waals surface area (Å²) in [6, 6.07) is 5.94. The fourth-order valence-electron chi connectivity index (χ4n) is 2.11. The Morgan fingerprint density at radius 3 is 2.73 bits per heavy atom. The molecule has 1 unspecified atom stereocenters. The first-order valence-electron chi connectivity index (χ1n) is 7.14. The van der Waals surface area contributed by atoms with Crippen molar-refractivity contribution in [1.82, 2.24) is 4.98 Å². The van der Waals surface area contributed by atoms with Gasteiger partial charge in [-0.3, -0.25) is 10.1 Å². The summed E-state index contributed by atoms with van der Waals surface area (Å²) in [6.07, 6.45) is 0.700. The predicted octanol–water partition coefficient (Wildman–Crippen LogP) is 2.67. The number of anilines is 1. The summed E-state index contributed by atoms with van der Waals surface area (Å²) in [5.41, 5.74) is 8.66. The molecule has 6 heteroatoms.